The minimum atomic E-state index is -0.361. The lowest BCUT2D eigenvalue weighted by molar-refractivity contribution is -0.141. The summed E-state index contributed by atoms with van der Waals surface area (Å²) in [6, 6.07) is 7.34. The molecule has 2 rings (SSSR count). The van der Waals surface area contributed by atoms with E-state index in [9.17, 15) is 4.79 Å². The molecule has 0 saturated heterocycles. The second-order valence-corrected chi connectivity index (χ2v) is 3.85. The van der Waals surface area contributed by atoms with Gasteiger partial charge in [-0.05, 0) is 25.0 Å². The molecule has 0 fully saturated rings. The van der Waals surface area contributed by atoms with Crippen LogP contribution >= 0.6 is 0 Å². The number of benzene rings is 1. The first-order valence-corrected chi connectivity index (χ1v) is 5.54. The Morgan fingerprint density at radius 1 is 1.35 bits per heavy atom. The van der Waals surface area contributed by atoms with Crippen LogP contribution in [0.25, 0.3) is 0 Å². The van der Waals surface area contributed by atoms with Gasteiger partial charge in [-0.1, -0.05) is 12.1 Å². The molecule has 1 aliphatic rings. The van der Waals surface area contributed by atoms with Gasteiger partial charge in [0.15, 0.2) is 0 Å². The highest BCUT2D eigenvalue weighted by Crippen LogP contribution is 2.25. The van der Waals surface area contributed by atoms with Crippen molar-refractivity contribution in [3.8, 4) is 5.75 Å². The normalized spacial score (nSPS) is 18.7. The van der Waals surface area contributed by atoms with Crippen LogP contribution in [0.3, 0.4) is 0 Å². The Labute approximate surface area is 100 Å². The average molecular weight is 233 g/mol. The molecule has 0 bridgehead atoms. The van der Waals surface area contributed by atoms with E-state index in [0.717, 1.165) is 23.4 Å². The van der Waals surface area contributed by atoms with E-state index in [-0.39, 0.29) is 12.0 Å². The number of aliphatic imine (C=N–C) groups is 1. The Hall–Kier alpha value is -1.84. The molecular formula is C13H15NO3. The van der Waals surface area contributed by atoms with Gasteiger partial charge in [-0.15, -0.1) is 0 Å². The maximum absolute atomic E-state index is 11.4. The van der Waals surface area contributed by atoms with E-state index >= 15 is 0 Å². The Kier molecular flexibility index (Phi) is 3.42. The summed E-state index contributed by atoms with van der Waals surface area (Å²) >= 11 is 0. The third-order valence-electron chi connectivity index (χ3n) is 2.86. The molecule has 1 aliphatic heterocycles. The SMILES string of the molecule is COC(=O)[C@@H]1CCC(c2ccccc2OC)=N1. The van der Waals surface area contributed by atoms with Gasteiger partial charge in [-0.3, -0.25) is 4.99 Å². The number of methoxy groups -OCH3 is 2. The molecule has 17 heavy (non-hydrogen) atoms. The molecule has 1 aromatic carbocycles. The van der Waals surface area contributed by atoms with Gasteiger partial charge >= 0.3 is 5.97 Å². The van der Waals surface area contributed by atoms with Crippen molar-refractivity contribution in [2.75, 3.05) is 14.2 Å². The van der Waals surface area contributed by atoms with Gasteiger partial charge in [0.05, 0.1) is 14.2 Å². The predicted molar refractivity (Wildman–Crippen MR) is 64.6 cm³/mol. The van der Waals surface area contributed by atoms with Gasteiger partial charge in [0.1, 0.15) is 11.8 Å². The molecule has 4 nitrogen and oxygen atoms in total. The van der Waals surface area contributed by atoms with Crippen molar-refractivity contribution in [2.24, 2.45) is 4.99 Å². The van der Waals surface area contributed by atoms with Gasteiger partial charge in [0, 0.05) is 11.3 Å². The van der Waals surface area contributed by atoms with Crippen molar-refractivity contribution in [3.63, 3.8) is 0 Å². The van der Waals surface area contributed by atoms with Gasteiger partial charge in [-0.2, -0.15) is 0 Å². The molecule has 0 saturated carbocycles. The lowest BCUT2D eigenvalue weighted by Crippen LogP contribution is -2.16. The van der Waals surface area contributed by atoms with Gasteiger partial charge in [-0.25, -0.2) is 4.79 Å². The highest BCUT2D eigenvalue weighted by atomic mass is 16.5. The Morgan fingerprint density at radius 3 is 2.82 bits per heavy atom. The van der Waals surface area contributed by atoms with Crippen LogP contribution in [0.2, 0.25) is 0 Å². The molecule has 1 aromatic rings. The van der Waals surface area contributed by atoms with Crippen molar-refractivity contribution in [3.05, 3.63) is 29.8 Å². The number of rotatable bonds is 3. The molecule has 90 valence electrons. The lowest BCUT2D eigenvalue weighted by atomic mass is 10.1. The Bertz CT molecular complexity index is 454. The van der Waals surface area contributed by atoms with E-state index in [1.165, 1.54) is 7.11 Å². The first-order valence-electron chi connectivity index (χ1n) is 5.54. The monoisotopic (exact) mass is 233 g/mol. The minimum absolute atomic E-state index is 0.269. The highest BCUT2D eigenvalue weighted by molar-refractivity contribution is 6.05. The van der Waals surface area contributed by atoms with E-state index in [1.54, 1.807) is 7.11 Å². The fraction of sp³-hybridized carbons (Fsp3) is 0.385. The summed E-state index contributed by atoms with van der Waals surface area (Å²) in [6.07, 6.45) is 1.49. The molecule has 0 amide bonds. The second-order valence-electron chi connectivity index (χ2n) is 3.85. The first kappa shape index (κ1) is 11.6. The van der Waals surface area contributed by atoms with Crippen LogP contribution in [0.15, 0.2) is 29.3 Å². The highest BCUT2D eigenvalue weighted by Gasteiger charge is 2.26. The van der Waals surface area contributed by atoms with Crippen LogP contribution < -0.4 is 4.74 Å². The zero-order valence-corrected chi connectivity index (χ0v) is 9.97. The number of hydrogen-bond donors (Lipinski definition) is 0. The predicted octanol–water partition coefficient (Wildman–Crippen LogP) is 1.82. The van der Waals surface area contributed by atoms with Gasteiger partial charge in [0.25, 0.3) is 0 Å². The maximum atomic E-state index is 11.4. The van der Waals surface area contributed by atoms with Gasteiger partial charge < -0.3 is 9.47 Å². The molecular weight excluding hydrogens is 218 g/mol. The van der Waals surface area contributed by atoms with E-state index in [4.69, 9.17) is 9.47 Å². The molecule has 1 atom stereocenters. The van der Waals surface area contributed by atoms with E-state index in [1.807, 2.05) is 24.3 Å². The number of para-hydroxylation sites is 1. The summed E-state index contributed by atoms with van der Waals surface area (Å²) in [4.78, 5) is 15.8. The van der Waals surface area contributed by atoms with Crippen LogP contribution in [0.5, 0.6) is 5.75 Å². The van der Waals surface area contributed by atoms with Crippen molar-refractivity contribution in [1.82, 2.24) is 0 Å². The van der Waals surface area contributed by atoms with Crippen LogP contribution in [0.4, 0.5) is 0 Å². The second kappa shape index (κ2) is 4.99. The average Bonchev–Trinajstić information content (AvgIpc) is 2.87. The largest absolute Gasteiger partial charge is 0.496 e. The molecule has 0 unspecified atom stereocenters. The zero-order chi connectivity index (χ0) is 12.3. The summed E-state index contributed by atoms with van der Waals surface area (Å²) in [7, 11) is 3.02. The van der Waals surface area contributed by atoms with Crippen molar-refractivity contribution in [2.45, 2.75) is 18.9 Å². The standard InChI is InChI=1S/C13H15NO3/c1-16-12-6-4-3-5-9(12)10-7-8-11(14-10)13(15)17-2/h3-6,11H,7-8H2,1-2H3/t11-/m0/s1. The number of carbonyl (C=O) groups excluding carboxylic acids is 1. The molecule has 0 aliphatic carbocycles. The molecule has 0 spiro atoms. The number of hydrogen-bond acceptors (Lipinski definition) is 4. The van der Waals surface area contributed by atoms with E-state index < -0.39 is 0 Å². The smallest absolute Gasteiger partial charge is 0.330 e. The zero-order valence-electron chi connectivity index (χ0n) is 9.97. The summed E-state index contributed by atoms with van der Waals surface area (Å²) in [6.45, 7) is 0. The summed E-state index contributed by atoms with van der Waals surface area (Å²) in [5.41, 5.74) is 1.87. The van der Waals surface area contributed by atoms with Crippen LogP contribution in [0, 0.1) is 0 Å². The third-order valence-corrected chi connectivity index (χ3v) is 2.86. The van der Waals surface area contributed by atoms with Crippen molar-refractivity contribution >= 4 is 11.7 Å². The molecule has 0 N–H and O–H groups in total. The van der Waals surface area contributed by atoms with Gasteiger partial charge in [0.2, 0.25) is 0 Å². The number of ether oxygens (including phenoxy) is 2. The Morgan fingerprint density at radius 2 is 2.12 bits per heavy atom. The first-order chi connectivity index (χ1) is 8.26. The quantitative estimate of drug-likeness (QED) is 0.748. The van der Waals surface area contributed by atoms with E-state index in [2.05, 4.69) is 4.99 Å². The summed E-state index contributed by atoms with van der Waals surface area (Å²) in [5, 5.41) is 0. The van der Waals surface area contributed by atoms with E-state index in [0.29, 0.717) is 6.42 Å². The number of carbonyl (C=O) groups is 1. The fourth-order valence-electron chi connectivity index (χ4n) is 1.98. The van der Waals surface area contributed by atoms with Crippen LogP contribution in [0.1, 0.15) is 18.4 Å². The van der Waals surface area contributed by atoms with Crippen LogP contribution in [-0.2, 0) is 9.53 Å². The van der Waals surface area contributed by atoms with Crippen molar-refractivity contribution < 1.29 is 14.3 Å². The summed E-state index contributed by atoms with van der Waals surface area (Å²) < 4.78 is 9.98. The Balaban J connectivity index is 2.27. The maximum Gasteiger partial charge on any atom is 0.330 e. The number of nitrogens with zero attached hydrogens (tertiary/aromatic N) is 1. The van der Waals surface area contributed by atoms with Crippen LogP contribution in [-0.4, -0.2) is 31.9 Å². The minimum Gasteiger partial charge on any atom is -0.496 e. The topological polar surface area (TPSA) is 47.9 Å². The molecule has 4 heteroatoms. The molecule has 1 heterocycles. The lowest BCUT2D eigenvalue weighted by Gasteiger charge is -2.07. The van der Waals surface area contributed by atoms with Crippen molar-refractivity contribution in [1.29, 1.82) is 0 Å². The summed E-state index contributed by atoms with van der Waals surface area (Å²) in [5.74, 6) is 0.520. The number of esters is 1. The molecule has 0 aromatic heterocycles. The molecule has 0 radical (unpaired) electrons. The fourth-order valence-corrected chi connectivity index (χ4v) is 1.98. The third kappa shape index (κ3) is 2.30.